The van der Waals surface area contributed by atoms with Gasteiger partial charge in [0.15, 0.2) is 0 Å². The minimum atomic E-state index is -1.11. The monoisotopic (exact) mass is 325 g/mol. The average Bonchev–Trinajstić information content (AvgIpc) is 2.91. The van der Waals surface area contributed by atoms with Crippen LogP contribution in [0.1, 0.15) is 15.4 Å². The summed E-state index contributed by atoms with van der Waals surface area (Å²) in [7, 11) is 0. The molecule has 0 radical (unpaired) electrons. The van der Waals surface area contributed by atoms with Gasteiger partial charge >= 0.3 is 12.0 Å². The number of hydrogen-bond donors (Lipinski definition) is 3. The van der Waals surface area contributed by atoms with Gasteiger partial charge in [-0.2, -0.15) is 0 Å². The van der Waals surface area contributed by atoms with E-state index in [0.717, 1.165) is 5.01 Å². The Morgan fingerprint density at radius 2 is 2.14 bits per heavy atom. The van der Waals surface area contributed by atoms with Crippen molar-refractivity contribution < 1.29 is 14.7 Å². The molecule has 1 aromatic carbocycles. The molecule has 1 aromatic heterocycles. The lowest BCUT2D eigenvalue weighted by Crippen LogP contribution is -2.30. The second-order valence-corrected chi connectivity index (χ2v) is 5.51. The number of aromatic nitrogens is 1. The van der Waals surface area contributed by atoms with Crippen LogP contribution in [0.2, 0.25) is 5.02 Å². The Morgan fingerprint density at radius 1 is 1.33 bits per heavy atom. The van der Waals surface area contributed by atoms with Crippen molar-refractivity contribution >= 4 is 40.6 Å². The van der Waals surface area contributed by atoms with E-state index in [1.54, 1.807) is 6.20 Å². The normalized spacial score (nSPS) is 10.1. The first-order chi connectivity index (χ1) is 10.0. The Balaban J connectivity index is 1.88. The number of nitrogens with one attached hydrogen (secondary N) is 2. The van der Waals surface area contributed by atoms with Crippen LogP contribution in [0.25, 0.3) is 0 Å². The fourth-order valence-corrected chi connectivity index (χ4v) is 2.48. The van der Waals surface area contributed by atoms with Gasteiger partial charge in [-0.15, -0.1) is 11.3 Å². The number of halogens is 1. The van der Waals surface area contributed by atoms with Gasteiger partial charge in [0.05, 0.1) is 10.6 Å². The van der Waals surface area contributed by atoms with Gasteiger partial charge in [-0.05, 0) is 18.2 Å². The molecule has 0 spiro atoms. The zero-order valence-electron chi connectivity index (χ0n) is 10.8. The van der Waals surface area contributed by atoms with Crippen molar-refractivity contribution in [2.75, 3.05) is 11.9 Å². The molecular weight excluding hydrogens is 314 g/mol. The zero-order chi connectivity index (χ0) is 15.2. The lowest BCUT2D eigenvalue weighted by atomic mass is 10.2. The van der Waals surface area contributed by atoms with Crippen LogP contribution in [0, 0.1) is 0 Å². The molecular formula is C13H12ClN3O3S. The van der Waals surface area contributed by atoms with E-state index in [2.05, 4.69) is 15.6 Å². The van der Waals surface area contributed by atoms with Crippen molar-refractivity contribution in [2.45, 2.75) is 6.42 Å². The van der Waals surface area contributed by atoms with Crippen LogP contribution < -0.4 is 10.6 Å². The molecule has 0 aliphatic carbocycles. The van der Waals surface area contributed by atoms with Gasteiger partial charge in [-0.25, -0.2) is 14.6 Å². The van der Waals surface area contributed by atoms with Crippen molar-refractivity contribution in [3.8, 4) is 0 Å². The summed E-state index contributed by atoms with van der Waals surface area (Å²) in [6.07, 6.45) is 2.35. The van der Waals surface area contributed by atoms with Crippen LogP contribution in [0.5, 0.6) is 0 Å². The van der Waals surface area contributed by atoms with E-state index < -0.39 is 12.0 Å². The summed E-state index contributed by atoms with van der Waals surface area (Å²) in [5.41, 5.74) is 0.340. The molecule has 21 heavy (non-hydrogen) atoms. The maximum absolute atomic E-state index is 11.7. The Labute approximate surface area is 129 Å². The maximum atomic E-state index is 11.7. The number of carbonyl (C=O) groups is 2. The molecule has 1 heterocycles. The van der Waals surface area contributed by atoms with Crippen LogP contribution >= 0.6 is 22.9 Å². The van der Waals surface area contributed by atoms with Gasteiger partial charge in [-0.1, -0.05) is 11.6 Å². The summed E-state index contributed by atoms with van der Waals surface area (Å²) in [5.74, 6) is -1.11. The molecule has 2 aromatic rings. The van der Waals surface area contributed by atoms with Crippen molar-refractivity contribution in [3.05, 3.63) is 45.4 Å². The minimum absolute atomic E-state index is 0.0144. The maximum Gasteiger partial charge on any atom is 0.335 e. The standard InChI is InChI=1S/C13H12ClN3O3S/c14-9-5-8(12(18)19)6-10(7-9)17-13(20)16-2-1-11-15-3-4-21-11/h3-7H,1-2H2,(H,18,19)(H2,16,17,20). The number of benzene rings is 1. The minimum Gasteiger partial charge on any atom is -0.478 e. The van der Waals surface area contributed by atoms with E-state index in [4.69, 9.17) is 16.7 Å². The summed E-state index contributed by atoms with van der Waals surface area (Å²) < 4.78 is 0. The predicted molar refractivity (Wildman–Crippen MR) is 81.3 cm³/mol. The Kier molecular flexibility index (Phi) is 5.13. The molecule has 0 aliphatic heterocycles. The molecule has 0 saturated heterocycles. The molecule has 0 atom stereocenters. The summed E-state index contributed by atoms with van der Waals surface area (Å²) >= 11 is 7.33. The second kappa shape index (κ2) is 7.05. The number of anilines is 1. The summed E-state index contributed by atoms with van der Waals surface area (Å²) in [6.45, 7) is 0.436. The fraction of sp³-hybridized carbons (Fsp3) is 0.154. The summed E-state index contributed by atoms with van der Waals surface area (Å²) in [4.78, 5) is 26.7. The number of thiazole rings is 1. The van der Waals surface area contributed by atoms with Gasteiger partial charge < -0.3 is 15.7 Å². The van der Waals surface area contributed by atoms with Crippen LogP contribution in [-0.4, -0.2) is 28.6 Å². The molecule has 110 valence electrons. The number of hydrogen-bond acceptors (Lipinski definition) is 4. The third kappa shape index (κ3) is 4.73. The number of nitrogens with zero attached hydrogens (tertiary/aromatic N) is 1. The Hall–Kier alpha value is -2.12. The van der Waals surface area contributed by atoms with E-state index >= 15 is 0 Å². The van der Waals surface area contributed by atoms with Crippen LogP contribution in [-0.2, 0) is 6.42 Å². The van der Waals surface area contributed by atoms with Gasteiger partial charge in [0, 0.05) is 35.3 Å². The first-order valence-corrected chi connectivity index (χ1v) is 7.27. The van der Waals surface area contributed by atoms with Crippen LogP contribution in [0.15, 0.2) is 29.8 Å². The molecule has 3 N–H and O–H groups in total. The molecule has 0 fully saturated rings. The first-order valence-electron chi connectivity index (χ1n) is 6.01. The largest absolute Gasteiger partial charge is 0.478 e. The molecule has 0 saturated carbocycles. The molecule has 8 heteroatoms. The topological polar surface area (TPSA) is 91.3 Å². The molecule has 0 bridgehead atoms. The summed E-state index contributed by atoms with van der Waals surface area (Å²) in [5, 5.41) is 17.2. The third-order valence-electron chi connectivity index (χ3n) is 2.51. The highest BCUT2D eigenvalue weighted by Crippen LogP contribution is 2.19. The van der Waals surface area contributed by atoms with Gasteiger partial charge in [0.25, 0.3) is 0 Å². The molecule has 0 unspecified atom stereocenters. The lowest BCUT2D eigenvalue weighted by molar-refractivity contribution is 0.0697. The average molecular weight is 326 g/mol. The number of aromatic carboxylic acids is 1. The van der Waals surface area contributed by atoms with Gasteiger partial charge in [0.2, 0.25) is 0 Å². The van der Waals surface area contributed by atoms with Crippen molar-refractivity contribution in [1.82, 2.24) is 10.3 Å². The smallest absolute Gasteiger partial charge is 0.335 e. The number of carboxylic acid groups (broad SMARTS) is 1. The number of rotatable bonds is 5. The SMILES string of the molecule is O=C(NCCc1nccs1)Nc1cc(Cl)cc(C(=O)O)c1. The van der Waals surface area contributed by atoms with E-state index in [0.29, 0.717) is 18.7 Å². The molecule has 2 amide bonds. The van der Waals surface area contributed by atoms with E-state index in [-0.39, 0.29) is 10.6 Å². The third-order valence-corrected chi connectivity index (χ3v) is 3.57. The number of urea groups is 1. The van der Waals surface area contributed by atoms with Crippen molar-refractivity contribution in [3.63, 3.8) is 0 Å². The molecule has 6 nitrogen and oxygen atoms in total. The Morgan fingerprint density at radius 3 is 2.81 bits per heavy atom. The van der Waals surface area contributed by atoms with E-state index in [1.807, 2.05) is 5.38 Å². The highest BCUT2D eigenvalue weighted by Gasteiger charge is 2.08. The van der Waals surface area contributed by atoms with Crippen LogP contribution in [0.4, 0.5) is 10.5 Å². The number of carboxylic acids is 1. The summed E-state index contributed by atoms with van der Waals surface area (Å²) in [6, 6.07) is 3.71. The van der Waals surface area contributed by atoms with Crippen LogP contribution in [0.3, 0.4) is 0 Å². The highest BCUT2D eigenvalue weighted by molar-refractivity contribution is 7.09. The van der Waals surface area contributed by atoms with Gasteiger partial charge in [-0.3, -0.25) is 0 Å². The lowest BCUT2D eigenvalue weighted by Gasteiger charge is -2.08. The predicted octanol–water partition coefficient (Wildman–Crippen LogP) is 2.86. The molecule has 0 aliphatic rings. The van der Waals surface area contributed by atoms with E-state index in [9.17, 15) is 9.59 Å². The number of carbonyl (C=O) groups excluding carboxylic acids is 1. The van der Waals surface area contributed by atoms with Crippen molar-refractivity contribution in [1.29, 1.82) is 0 Å². The molecule has 2 rings (SSSR count). The fourth-order valence-electron chi connectivity index (χ4n) is 1.62. The second-order valence-electron chi connectivity index (χ2n) is 4.09. The van der Waals surface area contributed by atoms with Gasteiger partial charge in [0.1, 0.15) is 0 Å². The van der Waals surface area contributed by atoms with Crippen molar-refractivity contribution in [2.24, 2.45) is 0 Å². The quantitative estimate of drug-likeness (QED) is 0.788. The highest BCUT2D eigenvalue weighted by atomic mass is 35.5. The zero-order valence-corrected chi connectivity index (χ0v) is 12.4. The Bertz CT molecular complexity index is 646. The van der Waals surface area contributed by atoms with E-state index in [1.165, 1.54) is 29.5 Å². The first kappa shape index (κ1) is 15.3. The number of amides is 2.